The third-order valence-electron chi connectivity index (χ3n) is 5.34. The molecule has 9 heteroatoms. The Hall–Kier alpha value is -3.85. The number of hydrogen-bond acceptors (Lipinski definition) is 5. The Morgan fingerprint density at radius 2 is 1.69 bits per heavy atom. The number of nitrogens with zero attached hydrogens (tertiary/aromatic N) is 1. The van der Waals surface area contributed by atoms with Crippen LogP contribution >= 0.6 is 11.3 Å². The lowest BCUT2D eigenvalue weighted by molar-refractivity contribution is -0.139. The molecule has 0 saturated heterocycles. The molecule has 1 N–H and O–H groups in total. The number of ether oxygens (including phenoxy) is 2. The third-order valence-corrected chi connectivity index (χ3v) is 6.42. The van der Waals surface area contributed by atoms with Gasteiger partial charge in [-0.05, 0) is 42.3 Å². The predicted molar refractivity (Wildman–Crippen MR) is 131 cm³/mol. The van der Waals surface area contributed by atoms with Crippen LogP contribution in [0.25, 0.3) is 21.8 Å². The van der Waals surface area contributed by atoms with Crippen LogP contribution in [0.3, 0.4) is 0 Å². The second kappa shape index (κ2) is 10.8. The van der Waals surface area contributed by atoms with Crippen LogP contribution in [-0.4, -0.2) is 22.7 Å². The summed E-state index contributed by atoms with van der Waals surface area (Å²) in [6, 6.07) is 19.6. The number of hydrogen-bond donors (Lipinski definition) is 1. The summed E-state index contributed by atoms with van der Waals surface area (Å²) in [5.41, 5.74) is 2.26. The zero-order valence-corrected chi connectivity index (χ0v) is 20.0. The van der Waals surface area contributed by atoms with Gasteiger partial charge < -0.3 is 14.6 Å². The molecule has 186 valence electrons. The highest BCUT2D eigenvalue weighted by molar-refractivity contribution is 7.15. The molecule has 0 fully saturated rings. The van der Waals surface area contributed by atoms with Gasteiger partial charge in [-0.2, -0.15) is 13.2 Å². The van der Waals surface area contributed by atoms with Crippen molar-refractivity contribution in [3.8, 4) is 33.3 Å². The van der Waals surface area contributed by atoms with Gasteiger partial charge >= 0.3 is 12.1 Å². The molecule has 3 aromatic carbocycles. The average Bonchev–Trinajstić information content (AvgIpc) is 3.30. The molecule has 4 aromatic rings. The molecule has 0 saturated carbocycles. The number of aromatic nitrogens is 1. The SMILES string of the molecule is CCc1cc(OCc2sc(-c3ccc(C(F)(F)F)cc3)nc2-c2ccccc2)ccc1OCC(=O)O. The molecule has 36 heavy (non-hydrogen) atoms. The van der Waals surface area contributed by atoms with Crippen LogP contribution in [0.1, 0.15) is 22.9 Å². The van der Waals surface area contributed by atoms with Crippen LogP contribution in [-0.2, 0) is 24.0 Å². The van der Waals surface area contributed by atoms with Gasteiger partial charge in [0.2, 0.25) is 0 Å². The first-order valence-corrected chi connectivity index (χ1v) is 11.9. The summed E-state index contributed by atoms with van der Waals surface area (Å²) in [6.45, 7) is 1.70. The molecule has 0 bridgehead atoms. The Labute approximate surface area is 209 Å². The quantitative estimate of drug-likeness (QED) is 0.259. The average molecular weight is 514 g/mol. The molecule has 0 unspecified atom stereocenters. The fourth-order valence-corrected chi connectivity index (χ4v) is 4.55. The number of halogens is 3. The number of carboxylic acid groups (broad SMARTS) is 1. The zero-order chi connectivity index (χ0) is 25.7. The Kier molecular flexibility index (Phi) is 7.59. The summed E-state index contributed by atoms with van der Waals surface area (Å²) in [5.74, 6) is 0.0116. The molecule has 0 spiro atoms. The molecule has 0 aliphatic rings. The first-order valence-electron chi connectivity index (χ1n) is 11.1. The minimum atomic E-state index is -4.40. The number of carboxylic acids is 1. The summed E-state index contributed by atoms with van der Waals surface area (Å²) >= 11 is 1.36. The van der Waals surface area contributed by atoms with Gasteiger partial charge in [0.25, 0.3) is 0 Å². The molecular formula is C27H22F3NO4S. The maximum absolute atomic E-state index is 13.0. The topological polar surface area (TPSA) is 68.7 Å². The molecule has 0 radical (unpaired) electrons. The molecule has 0 amide bonds. The second-order valence-electron chi connectivity index (χ2n) is 7.83. The van der Waals surface area contributed by atoms with Crippen molar-refractivity contribution < 1.29 is 32.5 Å². The summed E-state index contributed by atoms with van der Waals surface area (Å²) in [6.07, 6.45) is -3.78. The largest absolute Gasteiger partial charge is 0.488 e. The number of rotatable bonds is 9. The van der Waals surface area contributed by atoms with Crippen molar-refractivity contribution in [2.45, 2.75) is 26.1 Å². The molecule has 4 rings (SSSR count). The number of carbonyl (C=O) groups is 1. The Balaban J connectivity index is 1.60. The van der Waals surface area contributed by atoms with E-state index in [1.54, 1.807) is 18.2 Å². The van der Waals surface area contributed by atoms with Crippen molar-refractivity contribution in [1.29, 1.82) is 0 Å². The summed E-state index contributed by atoms with van der Waals surface area (Å²) < 4.78 is 50.3. The van der Waals surface area contributed by atoms with E-state index in [4.69, 9.17) is 19.6 Å². The highest BCUT2D eigenvalue weighted by Gasteiger charge is 2.30. The molecule has 5 nitrogen and oxygen atoms in total. The summed E-state index contributed by atoms with van der Waals surface area (Å²) in [5, 5.41) is 9.44. The first kappa shape index (κ1) is 25.2. The molecule has 0 aliphatic carbocycles. The van der Waals surface area contributed by atoms with Crippen molar-refractivity contribution >= 4 is 17.3 Å². The second-order valence-corrected chi connectivity index (χ2v) is 8.91. The van der Waals surface area contributed by atoms with Crippen LogP contribution in [0.15, 0.2) is 72.8 Å². The lowest BCUT2D eigenvalue weighted by atomic mass is 10.1. The van der Waals surface area contributed by atoms with Crippen LogP contribution in [0, 0.1) is 0 Å². The third kappa shape index (κ3) is 6.04. The molecular weight excluding hydrogens is 491 g/mol. The van der Waals surface area contributed by atoms with E-state index in [1.165, 1.54) is 23.5 Å². The highest BCUT2D eigenvalue weighted by Crippen LogP contribution is 2.37. The van der Waals surface area contributed by atoms with Gasteiger partial charge in [0.05, 0.1) is 16.1 Å². The van der Waals surface area contributed by atoms with E-state index in [1.807, 2.05) is 37.3 Å². The van der Waals surface area contributed by atoms with E-state index in [2.05, 4.69) is 0 Å². The lowest BCUT2D eigenvalue weighted by Gasteiger charge is -2.12. The Bertz CT molecular complexity index is 1340. The molecule has 1 aromatic heterocycles. The number of aryl methyl sites for hydroxylation is 1. The van der Waals surface area contributed by atoms with Crippen molar-refractivity contribution in [3.05, 3.63) is 88.8 Å². The van der Waals surface area contributed by atoms with E-state index in [-0.39, 0.29) is 6.61 Å². The maximum Gasteiger partial charge on any atom is 0.416 e. The standard InChI is InChI=1S/C27H22F3NO4S/c1-2-17-14-21(12-13-22(17)35-16-24(32)33)34-15-23-25(18-6-4-3-5-7-18)31-26(36-23)19-8-10-20(11-9-19)27(28,29)30/h3-14H,2,15-16H2,1H3,(H,32,33). The minimum absolute atomic E-state index is 0.195. The van der Waals surface area contributed by atoms with Gasteiger partial charge in [-0.3, -0.25) is 0 Å². The van der Waals surface area contributed by atoms with Gasteiger partial charge in [-0.15, -0.1) is 11.3 Å². The van der Waals surface area contributed by atoms with E-state index in [0.29, 0.717) is 34.2 Å². The van der Waals surface area contributed by atoms with Crippen molar-refractivity contribution in [3.63, 3.8) is 0 Å². The van der Waals surface area contributed by atoms with Crippen molar-refractivity contribution in [1.82, 2.24) is 4.98 Å². The highest BCUT2D eigenvalue weighted by atomic mass is 32.1. The lowest BCUT2D eigenvalue weighted by Crippen LogP contribution is -2.10. The van der Waals surface area contributed by atoms with Crippen LogP contribution in [0.4, 0.5) is 13.2 Å². The number of alkyl halides is 3. The normalized spacial score (nSPS) is 11.3. The van der Waals surface area contributed by atoms with Gasteiger partial charge in [0.1, 0.15) is 23.1 Å². The zero-order valence-electron chi connectivity index (χ0n) is 19.2. The molecule has 1 heterocycles. The number of thiazole rings is 1. The van der Waals surface area contributed by atoms with Crippen LogP contribution in [0.5, 0.6) is 11.5 Å². The number of benzene rings is 3. The molecule has 0 aliphatic heterocycles. The Morgan fingerprint density at radius 3 is 2.33 bits per heavy atom. The Morgan fingerprint density at radius 1 is 0.972 bits per heavy atom. The number of aliphatic carboxylic acids is 1. The van der Waals surface area contributed by atoms with Gasteiger partial charge in [-0.25, -0.2) is 9.78 Å². The van der Waals surface area contributed by atoms with E-state index < -0.39 is 24.3 Å². The monoisotopic (exact) mass is 513 g/mol. The van der Waals surface area contributed by atoms with Crippen molar-refractivity contribution in [2.75, 3.05) is 6.61 Å². The van der Waals surface area contributed by atoms with Crippen molar-refractivity contribution in [2.24, 2.45) is 0 Å². The van der Waals surface area contributed by atoms with E-state index in [0.717, 1.165) is 28.1 Å². The van der Waals surface area contributed by atoms with Gasteiger partial charge in [0.15, 0.2) is 6.61 Å². The summed E-state index contributed by atoms with van der Waals surface area (Å²) in [4.78, 5) is 16.4. The first-order chi connectivity index (χ1) is 17.2. The minimum Gasteiger partial charge on any atom is -0.488 e. The van der Waals surface area contributed by atoms with E-state index >= 15 is 0 Å². The van der Waals surface area contributed by atoms with Crippen LogP contribution in [0.2, 0.25) is 0 Å². The maximum atomic E-state index is 13.0. The smallest absolute Gasteiger partial charge is 0.416 e. The summed E-state index contributed by atoms with van der Waals surface area (Å²) in [7, 11) is 0. The predicted octanol–water partition coefficient (Wildman–Crippen LogP) is 7.10. The van der Waals surface area contributed by atoms with Crippen LogP contribution < -0.4 is 9.47 Å². The van der Waals surface area contributed by atoms with Gasteiger partial charge in [-0.1, -0.05) is 49.4 Å². The fourth-order valence-electron chi connectivity index (χ4n) is 3.55. The fraction of sp³-hybridized carbons (Fsp3) is 0.185. The van der Waals surface area contributed by atoms with E-state index in [9.17, 15) is 18.0 Å². The molecule has 0 atom stereocenters. The van der Waals surface area contributed by atoms with Gasteiger partial charge in [0, 0.05) is 11.1 Å².